The van der Waals surface area contributed by atoms with Crippen molar-refractivity contribution in [1.82, 2.24) is 0 Å². The van der Waals surface area contributed by atoms with Crippen LogP contribution in [0.15, 0.2) is 48.7 Å². The van der Waals surface area contributed by atoms with Crippen LogP contribution in [0.3, 0.4) is 0 Å². The Morgan fingerprint density at radius 2 is 2.21 bits per heavy atom. The molecule has 0 aromatic carbocycles. The second-order valence-electron chi connectivity index (χ2n) is 3.15. The molecule has 0 N–H and O–H groups in total. The molecule has 1 aromatic heterocycles. The molecule has 76 valence electrons. The van der Waals surface area contributed by atoms with Crippen LogP contribution in [0, 0.1) is 6.92 Å². The van der Waals surface area contributed by atoms with Gasteiger partial charge < -0.3 is 17.0 Å². The lowest BCUT2D eigenvalue weighted by molar-refractivity contribution is -0.693. The fourth-order valence-electron chi connectivity index (χ4n) is 1.09. The molecule has 0 aliphatic carbocycles. The third kappa shape index (κ3) is 3.88. The van der Waals surface area contributed by atoms with Crippen LogP contribution in [-0.4, -0.2) is 0 Å². The summed E-state index contributed by atoms with van der Waals surface area (Å²) in [4.78, 5) is 0. The predicted octanol–water partition coefficient (Wildman–Crippen LogP) is -0.581. The first-order valence-corrected chi connectivity index (χ1v) is 4.48. The first-order valence-electron chi connectivity index (χ1n) is 4.48. The van der Waals surface area contributed by atoms with Crippen molar-refractivity contribution in [2.75, 3.05) is 0 Å². The minimum Gasteiger partial charge on any atom is -1.00 e. The lowest BCUT2D eigenvalue weighted by atomic mass is 10.2. The number of hydrogen-bond donors (Lipinski definition) is 0. The van der Waals surface area contributed by atoms with Gasteiger partial charge in [0.2, 0.25) is 0 Å². The molecule has 2 heteroatoms. The number of aromatic nitrogens is 1. The van der Waals surface area contributed by atoms with Crippen molar-refractivity contribution in [3.05, 3.63) is 54.4 Å². The van der Waals surface area contributed by atoms with Crippen LogP contribution in [0.4, 0.5) is 0 Å². The summed E-state index contributed by atoms with van der Waals surface area (Å²) in [5, 5.41) is 0. The minimum atomic E-state index is 0. The quantitative estimate of drug-likeness (QED) is 0.502. The number of allylic oxidation sites excluding steroid dienone is 3. The number of halogens is 1. The molecule has 0 saturated heterocycles. The van der Waals surface area contributed by atoms with Crippen LogP contribution < -0.4 is 21.5 Å². The molecule has 0 fully saturated rings. The van der Waals surface area contributed by atoms with Crippen molar-refractivity contribution in [3.8, 4) is 0 Å². The van der Waals surface area contributed by atoms with E-state index in [9.17, 15) is 0 Å². The summed E-state index contributed by atoms with van der Waals surface area (Å²) in [6.45, 7) is 8.81. The second-order valence-corrected chi connectivity index (χ2v) is 3.15. The number of nitrogens with zero attached hydrogens (tertiary/aromatic N) is 1. The summed E-state index contributed by atoms with van der Waals surface area (Å²) in [6.07, 6.45) is 6.13. The van der Waals surface area contributed by atoms with E-state index in [4.69, 9.17) is 0 Å². The van der Waals surface area contributed by atoms with E-state index >= 15 is 0 Å². The van der Waals surface area contributed by atoms with Gasteiger partial charge in [0.1, 0.15) is 0 Å². The Bertz CT molecular complexity index is 329. The van der Waals surface area contributed by atoms with Crippen LogP contribution in [-0.2, 0) is 6.54 Å². The molecular weight excluding hydrogens is 238 g/mol. The Labute approximate surface area is 96.5 Å². The maximum absolute atomic E-state index is 3.72. The molecule has 0 aliphatic heterocycles. The van der Waals surface area contributed by atoms with Crippen LogP contribution >= 0.6 is 0 Å². The van der Waals surface area contributed by atoms with Gasteiger partial charge in [-0.2, -0.15) is 4.57 Å². The van der Waals surface area contributed by atoms with Crippen molar-refractivity contribution in [3.63, 3.8) is 0 Å². The van der Waals surface area contributed by atoms with Crippen LogP contribution in [0.25, 0.3) is 0 Å². The summed E-state index contributed by atoms with van der Waals surface area (Å²) in [5.41, 5.74) is 2.49. The summed E-state index contributed by atoms with van der Waals surface area (Å²) in [6, 6.07) is 6.21. The van der Waals surface area contributed by atoms with E-state index in [-0.39, 0.29) is 17.0 Å². The van der Waals surface area contributed by atoms with E-state index in [1.165, 1.54) is 11.3 Å². The predicted molar refractivity (Wildman–Crippen MR) is 55.3 cm³/mol. The van der Waals surface area contributed by atoms with Gasteiger partial charge in [-0.25, -0.2) is 0 Å². The molecule has 0 unspecified atom stereocenters. The van der Waals surface area contributed by atoms with Gasteiger partial charge in [0.05, 0.1) is 0 Å². The summed E-state index contributed by atoms with van der Waals surface area (Å²) in [7, 11) is 0. The largest absolute Gasteiger partial charge is 1.00 e. The van der Waals surface area contributed by atoms with Gasteiger partial charge in [-0.05, 0) is 18.6 Å². The van der Waals surface area contributed by atoms with Gasteiger partial charge in [0, 0.05) is 19.1 Å². The zero-order valence-electron chi connectivity index (χ0n) is 8.70. The highest BCUT2D eigenvalue weighted by Crippen LogP contribution is 1.93. The molecule has 1 rings (SSSR count). The summed E-state index contributed by atoms with van der Waals surface area (Å²) in [5.74, 6) is 0. The van der Waals surface area contributed by atoms with Gasteiger partial charge in [0.15, 0.2) is 18.4 Å². The van der Waals surface area contributed by atoms with E-state index in [1.807, 2.05) is 12.1 Å². The molecule has 1 aromatic rings. The van der Waals surface area contributed by atoms with Gasteiger partial charge in [-0.15, -0.1) is 0 Å². The average molecular weight is 254 g/mol. The van der Waals surface area contributed by atoms with E-state index in [0.717, 1.165) is 6.54 Å². The fourth-order valence-corrected chi connectivity index (χ4v) is 1.09. The van der Waals surface area contributed by atoms with Crippen molar-refractivity contribution in [2.24, 2.45) is 0 Å². The average Bonchev–Trinajstić information content (AvgIpc) is 2.16. The topological polar surface area (TPSA) is 3.88 Å². The van der Waals surface area contributed by atoms with Crippen LogP contribution in [0.5, 0.6) is 0 Å². The van der Waals surface area contributed by atoms with Crippen molar-refractivity contribution >= 4 is 0 Å². The highest BCUT2D eigenvalue weighted by atomic mass is 79.9. The first kappa shape index (κ1) is 13.1. The number of pyridine rings is 1. The van der Waals surface area contributed by atoms with E-state index in [2.05, 4.69) is 49.4 Å². The maximum atomic E-state index is 3.72. The molecule has 1 heterocycles. The third-order valence-corrected chi connectivity index (χ3v) is 2.10. The molecule has 0 aliphatic rings. The van der Waals surface area contributed by atoms with E-state index in [0.29, 0.717) is 0 Å². The first-order chi connectivity index (χ1) is 6.24. The Balaban J connectivity index is 0.00000169. The van der Waals surface area contributed by atoms with Crippen molar-refractivity contribution in [1.29, 1.82) is 0 Å². The zero-order chi connectivity index (χ0) is 9.68. The number of rotatable bonds is 3. The summed E-state index contributed by atoms with van der Waals surface area (Å²) < 4.78 is 2.20. The molecule has 1 nitrogen and oxygen atoms in total. The highest BCUT2D eigenvalue weighted by Gasteiger charge is 2.00. The molecule has 0 saturated carbocycles. The lowest BCUT2D eigenvalue weighted by Gasteiger charge is -1.96. The normalized spacial score (nSPS) is 10.6. The van der Waals surface area contributed by atoms with Crippen LogP contribution in [0.2, 0.25) is 0 Å². The monoisotopic (exact) mass is 253 g/mol. The number of aryl methyl sites for hydroxylation is 1. The van der Waals surface area contributed by atoms with Crippen molar-refractivity contribution in [2.45, 2.75) is 20.4 Å². The Hall–Kier alpha value is -0.890. The van der Waals surface area contributed by atoms with Gasteiger partial charge in [-0.1, -0.05) is 18.7 Å². The van der Waals surface area contributed by atoms with Crippen LogP contribution in [0.1, 0.15) is 12.6 Å². The Morgan fingerprint density at radius 3 is 2.79 bits per heavy atom. The molecule has 0 atom stereocenters. The Kier molecular flexibility index (Phi) is 6.13. The summed E-state index contributed by atoms with van der Waals surface area (Å²) >= 11 is 0. The smallest absolute Gasteiger partial charge is 0.178 e. The van der Waals surface area contributed by atoms with Gasteiger partial charge in [0.25, 0.3) is 0 Å². The third-order valence-electron chi connectivity index (χ3n) is 2.10. The lowest BCUT2D eigenvalue weighted by Crippen LogP contribution is -3.00. The SMILES string of the molecule is C=C/C(C)=C\C[n+]1ccccc1C.[Br-]. The standard InChI is InChI=1S/C12H16N.BrH/c1-4-11(2)8-10-13-9-6-5-7-12(13)3;/h4-9H,1,10H2,2-3H3;1H/q+1;/p-1/b11-8-;. The maximum Gasteiger partial charge on any atom is 0.178 e. The molecule has 14 heavy (non-hydrogen) atoms. The van der Waals surface area contributed by atoms with Gasteiger partial charge >= 0.3 is 0 Å². The highest BCUT2D eigenvalue weighted by molar-refractivity contribution is 5.11. The molecule has 0 spiro atoms. The zero-order valence-corrected chi connectivity index (χ0v) is 10.3. The Morgan fingerprint density at radius 1 is 1.50 bits per heavy atom. The molecule has 0 bridgehead atoms. The van der Waals surface area contributed by atoms with E-state index in [1.54, 1.807) is 0 Å². The van der Waals surface area contributed by atoms with E-state index < -0.39 is 0 Å². The molecular formula is C12H16BrN. The van der Waals surface area contributed by atoms with Crippen molar-refractivity contribution < 1.29 is 21.5 Å². The fraction of sp³-hybridized carbons (Fsp3) is 0.250. The molecule has 0 radical (unpaired) electrons. The molecule has 0 amide bonds. The second kappa shape index (κ2) is 6.55. The minimum absolute atomic E-state index is 0. The number of hydrogen-bond acceptors (Lipinski definition) is 0. The van der Waals surface area contributed by atoms with Gasteiger partial charge in [-0.3, -0.25) is 0 Å².